The van der Waals surface area contributed by atoms with Crippen LogP contribution in [0.25, 0.3) is 5.57 Å². The Bertz CT molecular complexity index is 1140. The van der Waals surface area contributed by atoms with E-state index in [0.717, 1.165) is 18.2 Å². The van der Waals surface area contributed by atoms with Crippen molar-refractivity contribution in [3.05, 3.63) is 75.5 Å². The van der Waals surface area contributed by atoms with Crippen molar-refractivity contribution in [2.24, 2.45) is 0 Å². The molecule has 0 radical (unpaired) electrons. The molecule has 172 valence electrons. The molecule has 2 aromatic carbocycles. The molecule has 2 amide bonds. The van der Waals surface area contributed by atoms with Crippen LogP contribution in [0.5, 0.6) is 0 Å². The molecular formula is C22H20F2N4O5. The third kappa shape index (κ3) is 4.20. The van der Waals surface area contributed by atoms with Gasteiger partial charge in [0.05, 0.1) is 22.8 Å². The predicted molar refractivity (Wildman–Crippen MR) is 114 cm³/mol. The summed E-state index contributed by atoms with van der Waals surface area (Å²) in [7, 11) is 0. The van der Waals surface area contributed by atoms with Crippen LogP contribution in [0, 0.1) is 21.7 Å². The van der Waals surface area contributed by atoms with Crippen molar-refractivity contribution >= 4 is 28.8 Å². The van der Waals surface area contributed by atoms with E-state index in [1.807, 2.05) is 4.90 Å². The monoisotopic (exact) mass is 458 g/mol. The molecule has 2 aliphatic rings. The Labute approximate surface area is 187 Å². The molecule has 9 nitrogen and oxygen atoms in total. The van der Waals surface area contributed by atoms with Gasteiger partial charge in [0.2, 0.25) is 0 Å². The highest BCUT2D eigenvalue weighted by Gasteiger charge is 2.44. The van der Waals surface area contributed by atoms with E-state index in [2.05, 4.69) is 0 Å². The molecule has 0 bridgehead atoms. The van der Waals surface area contributed by atoms with E-state index < -0.39 is 34.1 Å². The number of nitro benzene ring substituents is 1. The number of rotatable bonds is 6. The largest absolute Gasteiger partial charge is 0.395 e. The predicted octanol–water partition coefficient (Wildman–Crippen LogP) is 1.77. The van der Waals surface area contributed by atoms with Crippen LogP contribution < -0.4 is 4.90 Å². The standard InChI is InChI=1S/C22H20F2N4O5/c23-15-3-6-17(24)18(13-15)27-21(30)19(14-1-4-16(5-2-14)28(32)33)20(22(27)31)26-9-7-25(8-10-26)11-12-29/h1-6,13,29H,7-12H2. The van der Waals surface area contributed by atoms with E-state index in [1.54, 1.807) is 4.90 Å². The van der Waals surface area contributed by atoms with Crippen molar-refractivity contribution < 1.29 is 28.4 Å². The lowest BCUT2D eigenvalue weighted by molar-refractivity contribution is -0.384. The summed E-state index contributed by atoms with van der Waals surface area (Å²) in [5, 5.41) is 20.2. The second-order valence-corrected chi connectivity index (χ2v) is 7.62. The van der Waals surface area contributed by atoms with E-state index in [4.69, 9.17) is 5.11 Å². The molecule has 1 N–H and O–H groups in total. The van der Waals surface area contributed by atoms with Crippen LogP contribution in [-0.2, 0) is 9.59 Å². The molecule has 11 heteroatoms. The number of carbonyl (C=O) groups is 2. The van der Waals surface area contributed by atoms with Gasteiger partial charge in [0.1, 0.15) is 17.3 Å². The maximum Gasteiger partial charge on any atom is 0.282 e. The number of hydrogen-bond acceptors (Lipinski definition) is 7. The number of non-ortho nitro benzene ring substituents is 1. The van der Waals surface area contributed by atoms with E-state index in [-0.39, 0.29) is 29.1 Å². The van der Waals surface area contributed by atoms with Gasteiger partial charge in [0.15, 0.2) is 0 Å². The molecule has 1 fully saturated rings. The Hall–Kier alpha value is -3.70. The first-order valence-corrected chi connectivity index (χ1v) is 10.2. The molecule has 0 aromatic heterocycles. The fraction of sp³-hybridized carbons (Fsp3) is 0.273. The second kappa shape index (κ2) is 9.04. The third-order valence-corrected chi connectivity index (χ3v) is 5.68. The second-order valence-electron chi connectivity index (χ2n) is 7.62. The molecule has 1 saturated heterocycles. The number of nitro groups is 1. The number of aliphatic hydroxyl groups excluding tert-OH is 1. The fourth-order valence-corrected chi connectivity index (χ4v) is 4.03. The van der Waals surface area contributed by atoms with Gasteiger partial charge >= 0.3 is 0 Å². The first-order valence-electron chi connectivity index (χ1n) is 10.2. The molecule has 2 aliphatic heterocycles. The lowest BCUT2D eigenvalue weighted by Gasteiger charge is -2.36. The van der Waals surface area contributed by atoms with E-state index in [9.17, 15) is 28.5 Å². The molecule has 0 spiro atoms. The highest BCUT2D eigenvalue weighted by atomic mass is 19.1. The summed E-state index contributed by atoms with van der Waals surface area (Å²) in [6, 6.07) is 7.63. The number of carbonyl (C=O) groups excluding carboxylic acids is 2. The first kappa shape index (κ1) is 22.5. The molecule has 2 aromatic rings. The molecule has 0 aliphatic carbocycles. The zero-order valence-electron chi connectivity index (χ0n) is 17.4. The maximum absolute atomic E-state index is 14.5. The molecule has 4 rings (SSSR count). The van der Waals surface area contributed by atoms with Gasteiger partial charge in [0.25, 0.3) is 17.5 Å². The quantitative estimate of drug-likeness (QED) is 0.399. The minimum absolute atomic E-state index is 0.0131. The van der Waals surface area contributed by atoms with Gasteiger partial charge < -0.3 is 10.0 Å². The van der Waals surface area contributed by atoms with Crippen LogP contribution in [-0.4, -0.2) is 71.0 Å². The topological polar surface area (TPSA) is 107 Å². The van der Waals surface area contributed by atoms with E-state index in [1.165, 1.54) is 24.3 Å². The maximum atomic E-state index is 14.5. The number of benzene rings is 2. The molecule has 0 saturated carbocycles. The number of hydrogen-bond donors (Lipinski definition) is 1. The summed E-state index contributed by atoms with van der Waals surface area (Å²) in [6.45, 7) is 2.23. The van der Waals surface area contributed by atoms with Crippen molar-refractivity contribution in [2.75, 3.05) is 44.2 Å². The number of imide groups is 1. The van der Waals surface area contributed by atoms with Gasteiger partial charge in [-0.05, 0) is 29.8 Å². The van der Waals surface area contributed by atoms with E-state index in [0.29, 0.717) is 37.6 Å². The number of halogens is 2. The van der Waals surface area contributed by atoms with Crippen molar-refractivity contribution in [1.29, 1.82) is 0 Å². The average molecular weight is 458 g/mol. The molecule has 0 unspecified atom stereocenters. The van der Waals surface area contributed by atoms with Crippen molar-refractivity contribution in [2.45, 2.75) is 0 Å². The zero-order valence-corrected chi connectivity index (χ0v) is 17.4. The SMILES string of the molecule is O=C1C(c2ccc([N+](=O)[O-])cc2)=C(N2CCN(CCO)CC2)C(=O)N1c1cc(F)ccc1F. The Balaban J connectivity index is 1.77. The number of nitrogens with zero attached hydrogens (tertiary/aromatic N) is 4. The van der Waals surface area contributed by atoms with Gasteiger partial charge in [0, 0.05) is 50.9 Å². The van der Waals surface area contributed by atoms with Gasteiger partial charge in [-0.15, -0.1) is 0 Å². The number of β-amino-alcohol motifs (C(OH)–C–C–N with tert-alkyl or cyclic N) is 1. The summed E-state index contributed by atoms with van der Waals surface area (Å²) >= 11 is 0. The molecule has 33 heavy (non-hydrogen) atoms. The first-order chi connectivity index (χ1) is 15.8. The van der Waals surface area contributed by atoms with Crippen LogP contribution in [0.2, 0.25) is 0 Å². The summed E-state index contributed by atoms with van der Waals surface area (Å²) in [5.74, 6) is -3.38. The number of piperazine rings is 1. The normalized spacial score (nSPS) is 17.3. The summed E-state index contributed by atoms with van der Waals surface area (Å²) in [5.41, 5.74) is -0.442. The molecular weight excluding hydrogens is 438 g/mol. The summed E-state index contributed by atoms with van der Waals surface area (Å²) < 4.78 is 28.3. The van der Waals surface area contributed by atoms with Crippen molar-refractivity contribution in [3.8, 4) is 0 Å². The van der Waals surface area contributed by atoms with Crippen LogP contribution in [0.4, 0.5) is 20.2 Å². The lowest BCUT2D eigenvalue weighted by Crippen LogP contribution is -2.48. The van der Waals surface area contributed by atoms with Gasteiger partial charge in [-0.3, -0.25) is 24.6 Å². The average Bonchev–Trinajstić information content (AvgIpc) is 3.06. The summed E-state index contributed by atoms with van der Waals surface area (Å²) in [6.07, 6.45) is 0. The van der Waals surface area contributed by atoms with Gasteiger partial charge in [-0.2, -0.15) is 0 Å². The van der Waals surface area contributed by atoms with Crippen molar-refractivity contribution in [1.82, 2.24) is 9.80 Å². The molecule has 2 heterocycles. The molecule has 0 atom stereocenters. The van der Waals surface area contributed by atoms with E-state index >= 15 is 0 Å². The minimum Gasteiger partial charge on any atom is -0.395 e. The smallest absolute Gasteiger partial charge is 0.282 e. The lowest BCUT2D eigenvalue weighted by atomic mass is 10.0. The Morgan fingerprint density at radius 1 is 0.970 bits per heavy atom. The van der Waals surface area contributed by atoms with Gasteiger partial charge in [-0.25, -0.2) is 13.7 Å². The third-order valence-electron chi connectivity index (χ3n) is 5.68. The van der Waals surface area contributed by atoms with Crippen LogP contribution in [0.15, 0.2) is 48.2 Å². The highest BCUT2D eigenvalue weighted by molar-refractivity contribution is 6.45. The Morgan fingerprint density at radius 3 is 2.24 bits per heavy atom. The van der Waals surface area contributed by atoms with Crippen LogP contribution in [0.1, 0.15) is 5.56 Å². The van der Waals surface area contributed by atoms with Crippen LogP contribution >= 0.6 is 0 Å². The number of amides is 2. The minimum atomic E-state index is -0.935. The summed E-state index contributed by atoms with van der Waals surface area (Å²) in [4.78, 5) is 41.5. The van der Waals surface area contributed by atoms with Crippen LogP contribution in [0.3, 0.4) is 0 Å². The Morgan fingerprint density at radius 2 is 1.64 bits per heavy atom. The number of aliphatic hydroxyl groups is 1. The van der Waals surface area contributed by atoms with Gasteiger partial charge in [-0.1, -0.05) is 0 Å². The number of anilines is 1. The fourth-order valence-electron chi connectivity index (χ4n) is 4.03. The van der Waals surface area contributed by atoms with Crippen molar-refractivity contribution in [3.63, 3.8) is 0 Å². The highest BCUT2D eigenvalue weighted by Crippen LogP contribution is 2.36. The Kier molecular flexibility index (Phi) is 6.16. The zero-order chi connectivity index (χ0) is 23.7.